The van der Waals surface area contributed by atoms with Crippen molar-refractivity contribution >= 4 is 23.2 Å². The summed E-state index contributed by atoms with van der Waals surface area (Å²) in [6.45, 7) is 3.80. The van der Waals surface area contributed by atoms with E-state index in [1.807, 2.05) is 44.2 Å². The van der Waals surface area contributed by atoms with E-state index in [0.717, 1.165) is 5.56 Å². The Bertz CT molecular complexity index is 1360. The normalized spacial score (nSPS) is 15.1. The van der Waals surface area contributed by atoms with Crippen molar-refractivity contribution in [3.05, 3.63) is 77.9 Å². The van der Waals surface area contributed by atoms with Crippen LogP contribution in [0.25, 0.3) is 11.5 Å². The van der Waals surface area contributed by atoms with E-state index in [-0.39, 0.29) is 18.6 Å². The lowest BCUT2D eigenvalue weighted by atomic mass is 10.00. The number of carbonyl (C=O) groups excluding carboxylic acids is 1. The third-order valence-corrected chi connectivity index (χ3v) is 6.31. The molecule has 5 rings (SSSR count). The molecule has 0 radical (unpaired) electrons. The van der Waals surface area contributed by atoms with Gasteiger partial charge in [0.1, 0.15) is 11.6 Å². The van der Waals surface area contributed by atoms with Crippen LogP contribution >= 0.6 is 0 Å². The van der Waals surface area contributed by atoms with Gasteiger partial charge in [-0.15, -0.1) is 0 Å². The van der Waals surface area contributed by atoms with Crippen molar-refractivity contribution in [3.63, 3.8) is 0 Å². The average Bonchev–Trinajstić information content (AvgIpc) is 3.46. The summed E-state index contributed by atoms with van der Waals surface area (Å²) in [7, 11) is 1.77. The fourth-order valence-corrected chi connectivity index (χ4v) is 4.11. The number of aromatic nitrogens is 4. The molecule has 35 heavy (non-hydrogen) atoms. The number of benzene rings is 1. The number of hydrogen-bond donors (Lipinski definition) is 3. The summed E-state index contributed by atoms with van der Waals surface area (Å²) >= 11 is 0. The molecular weight excluding hydrogens is 446 g/mol. The number of aliphatic hydroxyl groups excluding tert-OH is 1. The summed E-state index contributed by atoms with van der Waals surface area (Å²) in [5.41, 5.74) is 2.95. The molecule has 0 saturated carbocycles. The second kappa shape index (κ2) is 8.80. The minimum Gasteiger partial charge on any atom is -0.394 e. The van der Waals surface area contributed by atoms with Crippen LogP contribution in [0.1, 0.15) is 41.5 Å². The molecule has 0 bridgehead atoms. The zero-order valence-electron chi connectivity index (χ0n) is 19.6. The summed E-state index contributed by atoms with van der Waals surface area (Å²) in [6, 6.07) is 14.6. The Balaban J connectivity index is 1.49. The first-order valence-corrected chi connectivity index (χ1v) is 11.1. The van der Waals surface area contributed by atoms with E-state index in [9.17, 15) is 9.90 Å². The van der Waals surface area contributed by atoms with Crippen LogP contribution in [0, 0.1) is 0 Å². The highest BCUT2D eigenvalue weighted by Crippen LogP contribution is 2.37. The molecule has 1 aliphatic rings. The van der Waals surface area contributed by atoms with Gasteiger partial charge >= 0.3 is 0 Å². The standard InChI is InChI=1S/C25H25N7O3/c1-25(2)22-16(24(34)32(25)3)9-10-20(31-22)30-21-11-18(17(12-26-21)23-27-14-28-35-23)29-19(13-33)15-7-5-4-6-8-15/h4-12,14,19,33H,13H2,1-3H3,(H2,26,29,30,31)/t19-/m1/s1. The number of nitrogens with one attached hydrogen (secondary N) is 2. The summed E-state index contributed by atoms with van der Waals surface area (Å²) in [5, 5.41) is 20.3. The number of anilines is 3. The minimum atomic E-state index is -0.518. The van der Waals surface area contributed by atoms with Crippen molar-refractivity contribution < 1.29 is 14.4 Å². The molecule has 178 valence electrons. The number of carbonyl (C=O) groups is 1. The SMILES string of the molecule is CN1C(=O)c2ccc(Nc3cc(N[C@H](CO)c4ccccc4)c(-c4ncno4)cn3)nc2C1(C)C. The first kappa shape index (κ1) is 22.5. The smallest absolute Gasteiger partial charge is 0.261 e. The maximum Gasteiger partial charge on any atom is 0.261 e. The molecule has 0 unspecified atom stereocenters. The van der Waals surface area contributed by atoms with Crippen molar-refractivity contribution in [2.24, 2.45) is 0 Å². The lowest BCUT2D eigenvalue weighted by Crippen LogP contribution is -2.35. The Hall–Kier alpha value is -4.31. The molecule has 10 heteroatoms. The topological polar surface area (TPSA) is 129 Å². The molecular formula is C25H25N7O3. The fourth-order valence-electron chi connectivity index (χ4n) is 4.11. The first-order valence-electron chi connectivity index (χ1n) is 11.1. The van der Waals surface area contributed by atoms with E-state index < -0.39 is 5.54 Å². The van der Waals surface area contributed by atoms with E-state index in [4.69, 9.17) is 9.51 Å². The van der Waals surface area contributed by atoms with Crippen LogP contribution in [0.5, 0.6) is 0 Å². The van der Waals surface area contributed by atoms with E-state index >= 15 is 0 Å². The van der Waals surface area contributed by atoms with Gasteiger partial charge in [0.05, 0.1) is 40.7 Å². The van der Waals surface area contributed by atoms with Crippen LogP contribution in [0.3, 0.4) is 0 Å². The zero-order chi connectivity index (χ0) is 24.6. The number of pyridine rings is 2. The molecule has 4 heterocycles. The molecule has 3 N–H and O–H groups in total. The third-order valence-electron chi connectivity index (χ3n) is 6.31. The van der Waals surface area contributed by atoms with E-state index in [1.54, 1.807) is 36.3 Å². The van der Waals surface area contributed by atoms with Crippen molar-refractivity contribution in [1.82, 2.24) is 25.0 Å². The highest BCUT2D eigenvalue weighted by molar-refractivity contribution is 5.99. The number of aliphatic hydroxyl groups is 1. The molecule has 0 spiro atoms. The number of fused-ring (bicyclic) bond motifs is 1. The van der Waals surface area contributed by atoms with Crippen LogP contribution in [0.4, 0.5) is 17.3 Å². The maximum atomic E-state index is 12.5. The molecule has 1 aromatic carbocycles. The van der Waals surface area contributed by atoms with Crippen LogP contribution in [-0.2, 0) is 5.54 Å². The fraction of sp³-hybridized carbons (Fsp3) is 0.240. The molecule has 0 saturated heterocycles. The molecule has 3 aromatic heterocycles. The van der Waals surface area contributed by atoms with Crippen LogP contribution in [0.2, 0.25) is 0 Å². The Labute approximate surface area is 202 Å². The minimum absolute atomic E-state index is 0.0477. The van der Waals surface area contributed by atoms with Crippen molar-refractivity contribution in [3.8, 4) is 11.5 Å². The van der Waals surface area contributed by atoms with Crippen LogP contribution < -0.4 is 10.6 Å². The summed E-state index contributed by atoms with van der Waals surface area (Å²) in [6.07, 6.45) is 2.94. The number of nitrogens with zero attached hydrogens (tertiary/aromatic N) is 5. The Kier molecular flexibility index (Phi) is 5.65. The molecule has 0 fully saturated rings. The van der Waals surface area contributed by atoms with Gasteiger partial charge in [-0.1, -0.05) is 35.5 Å². The maximum absolute atomic E-state index is 12.5. The largest absolute Gasteiger partial charge is 0.394 e. The molecule has 1 amide bonds. The predicted octanol–water partition coefficient (Wildman–Crippen LogP) is 3.74. The second-order valence-corrected chi connectivity index (χ2v) is 8.79. The molecule has 4 aromatic rings. The van der Waals surface area contributed by atoms with Crippen LogP contribution in [0.15, 0.2) is 65.6 Å². The van der Waals surface area contributed by atoms with Crippen LogP contribution in [-0.4, -0.2) is 49.7 Å². The zero-order valence-corrected chi connectivity index (χ0v) is 19.6. The summed E-state index contributed by atoms with van der Waals surface area (Å²) < 4.78 is 5.26. The van der Waals surface area contributed by atoms with Gasteiger partial charge in [-0.3, -0.25) is 4.79 Å². The number of hydrogen-bond acceptors (Lipinski definition) is 9. The third kappa shape index (κ3) is 4.08. The number of amides is 1. The van der Waals surface area contributed by atoms with Gasteiger partial charge < -0.3 is 25.2 Å². The van der Waals surface area contributed by atoms with E-state index in [2.05, 4.69) is 25.8 Å². The van der Waals surface area contributed by atoms with Gasteiger partial charge in [-0.2, -0.15) is 4.98 Å². The first-order chi connectivity index (χ1) is 16.9. The highest BCUT2D eigenvalue weighted by atomic mass is 16.5. The lowest BCUT2D eigenvalue weighted by molar-refractivity contribution is 0.0688. The van der Waals surface area contributed by atoms with Gasteiger partial charge in [-0.25, -0.2) is 9.97 Å². The monoisotopic (exact) mass is 471 g/mol. The van der Waals surface area contributed by atoms with Crippen molar-refractivity contribution in [2.75, 3.05) is 24.3 Å². The number of rotatable bonds is 7. The quantitative estimate of drug-likeness (QED) is 0.369. The Morgan fingerprint density at radius 3 is 2.60 bits per heavy atom. The summed E-state index contributed by atoms with van der Waals surface area (Å²) in [5.74, 6) is 1.33. The van der Waals surface area contributed by atoms with Gasteiger partial charge in [0.25, 0.3) is 11.8 Å². The predicted molar refractivity (Wildman–Crippen MR) is 130 cm³/mol. The van der Waals surface area contributed by atoms with E-state index in [0.29, 0.717) is 40.0 Å². The van der Waals surface area contributed by atoms with Crippen molar-refractivity contribution in [1.29, 1.82) is 0 Å². The molecule has 0 aliphatic carbocycles. The molecule has 1 aliphatic heterocycles. The van der Waals surface area contributed by atoms with E-state index in [1.165, 1.54) is 6.33 Å². The van der Waals surface area contributed by atoms with Gasteiger partial charge in [0, 0.05) is 19.3 Å². The Morgan fingerprint density at radius 1 is 1.09 bits per heavy atom. The van der Waals surface area contributed by atoms with Gasteiger partial charge in [-0.05, 0) is 31.5 Å². The van der Waals surface area contributed by atoms with Gasteiger partial charge in [0.2, 0.25) is 0 Å². The lowest BCUT2D eigenvalue weighted by Gasteiger charge is -2.27. The Morgan fingerprint density at radius 2 is 1.89 bits per heavy atom. The molecule has 1 atom stereocenters. The average molecular weight is 472 g/mol. The second-order valence-electron chi connectivity index (χ2n) is 8.79. The van der Waals surface area contributed by atoms with Gasteiger partial charge in [0.15, 0.2) is 6.33 Å². The highest BCUT2D eigenvalue weighted by Gasteiger charge is 2.42. The molecule has 10 nitrogen and oxygen atoms in total. The summed E-state index contributed by atoms with van der Waals surface area (Å²) in [4.78, 5) is 27.6. The van der Waals surface area contributed by atoms with Crippen molar-refractivity contribution in [2.45, 2.75) is 25.4 Å².